The van der Waals surface area contributed by atoms with E-state index in [-0.39, 0.29) is 24.2 Å². The molecule has 0 spiro atoms. The van der Waals surface area contributed by atoms with Gasteiger partial charge >= 0.3 is 0 Å². The number of carbonyl (C=O) groups excluding carboxylic acids is 1. The maximum atomic E-state index is 12.7. The van der Waals surface area contributed by atoms with Gasteiger partial charge in [-0.25, -0.2) is 0 Å². The van der Waals surface area contributed by atoms with E-state index in [1.54, 1.807) is 0 Å². The number of hydrogen-bond acceptors (Lipinski definition) is 3. The molecule has 0 bridgehead atoms. The van der Waals surface area contributed by atoms with E-state index in [1.165, 1.54) is 0 Å². The van der Waals surface area contributed by atoms with E-state index in [2.05, 4.69) is 15.1 Å². The summed E-state index contributed by atoms with van der Waals surface area (Å²) in [5.74, 6) is 0.290. The van der Waals surface area contributed by atoms with Crippen LogP contribution >= 0.6 is 24.0 Å². The fourth-order valence-electron chi connectivity index (χ4n) is 3.70. The minimum Gasteiger partial charge on any atom is -0.341 e. The maximum Gasteiger partial charge on any atom is 0.225 e. The highest BCUT2D eigenvalue weighted by Gasteiger charge is 2.32. The van der Waals surface area contributed by atoms with Gasteiger partial charge in [0.15, 0.2) is 0 Å². The Morgan fingerprint density at radius 2 is 2.08 bits per heavy atom. The second-order valence-electron chi connectivity index (χ2n) is 6.75. The molecule has 1 aromatic rings. The van der Waals surface area contributed by atoms with E-state index in [4.69, 9.17) is 11.6 Å². The number of hydrogen-bond donors (Lipinski definition) is 1. The normalized spacial score (nSPS) is 22.9. The summed E-state index contributed by atoms with van der Waals surface area (Å²) in [4.78, 5) is 17.3. The molecule has 1 N–H and O–H groups in total. The van der Waals surface area contributed by atoms with E-state index >= 15 is 0 Å². The third-order valence-corrected chi connectivity index (χ3v) is 5.23. The molecule has 2 aliphatic rings. The summed E-state index contributed by atoms with van der Waals surface area (Å²) < 4.78 is 0. The van der Waals surface area contributed by atoms with Gasteiger partial charge in [0.2, 0.25) is 5.91 Å². The van der Waals surface area contributed by atoms with Gasteiger partial charge in [0, 0.05) is 56.3 Å². The second-order valence-corrected chi connectivity index (χ2v) is 7.18. The number of nitrogens with one attached hydrogen (secondary N) is 1. The van der Waals surface area contributed by atoms with Crippen LogP contribution in [0.5, 0.6) is 0 Å². The van der Waals surface area contributed by atoms with Crippen molar-refractivity contribution in [2.75, 3.05) is 39.3 Å². The summed E-state index contributed by atoms with van der Waals surface area (Å²) in [6.07, 6.45) is 1.86. The molecule has 1 aromatic carbocycles. The van der Waals surface area contributed by atoms with Crippen LogP contribution in [-0.4, -0.2) is 61.0 Å². The van der Waals surface area contributed by atoms with Crippen molar-refractivity contribution >= 4 is 29.9 Å². The zero-order valence-electron chi connectivity index (χ0n) is 14.2. The molecule has 0 radical (unpaired) electrons. The Balaban J connectivity index is 0.00000208. The molecule has 2 aliphatic heterocycles. The second kappa shape index (κ2) is 9.04. The maximum absolute atomic E-state index is 12.7. The first-order valence-electron chi connectivity index (χ1n) is 8.61. The van der Waals surface area contributed by atoms with Gasteiger partial charge in [0.1, 0.15) is 0 Å². The van der Waals surface area contributed by atoms with Crippen LogP contribution in [0.3, 0.4) is 0 Å². The van der Waals surface area contributed by atoms with E-state index in [0.29, 0.717) is 6.04 Å². The number of likely N-dealkylation sites (tertiary alicyclic amines) is 1. The Morgan fingerprint density at radius 1 is 1.33 bits per heavy atom. The number of piperazine rings is 1. The number of benzene rings is 1. The average Bonchev–Trinajstić information content (AvgIpc) is 3.05. The van der Waals surface area contributed by atoms with Crippen molar-refractivity contribution in [1.29, 1.82) is 0 Å². The summed E-state index contributed by atoms with van der Waals surface area (Å²) in [6.45, 7) is 8.15. The molecule has 134 valence electrons. The lowest BCUT2D eigenvalue weighted by Gasteiger charge is -2.32. The Bertz CT molecular complexity index is 549. The van der Waals surface area contributed by atoms with Crippen molar-refractivity contribution in [1.82, 2.24) is 15.1 Å². The number of halogens is 2. The molecular formula is C18H27Cl2N3O. The SMILES string of the molecule is CC(Cc1cccc(Cl)c1)C(=O)N1CCC(N2CCNCC2)C1.Cl. The zero-order chi connectivity index (χ0) is 16.2. The molecular weight excluding hydrogens is 345 g/mol. The largest absolute Gasteiger partial charge is 0.341 e. The van der Waals surface area contributed by atoms with Gasteiger partial charge in [-0.15, -0.1) is 12.4 Å². The summed E-state index contributed by atoms with van der Waals surface area (Å²) in [5, 5.41) is 4.13. The number of amides is 1. The minimum atomic E-state index is 0. The first-order chi connectivity index (χ1) is 11.1. The molecule has 2 fully saturated rings. The highest BCUT2D eigenvalue weighted by Crippen LogP contribution is 2.21. The lowest BCUT2D eigenvalue weighted by molar-refractivity contribution is -0.134. The molecule has 2 heterocycles. The highest BCUT2D eigenvalue weighted by atomic mass is 35.5. The molecule has 3 rings (SSSR count). The van der Waals surface area contributed by atoms with Crippen molar-refractivity contribution in [3.8, 4) is 0 Å². The van der Waals surface area contributed by atoms with Crippen LogP contribution in [0, 0.1) is 5.92 Å². The monoisotopic (exact) mass is 371 g/mol. The molecule has 24 heavy (non-hydrogen) atoms. The van der Waals surface area contributed by atoms with E-state index in [9.17, 15) is 4.79 Å². The highest BCUT2D eigenvalue weighted by molar-refractivity contribution is 6.30. The Labute approximate surface area is 155 Å². The first-order valence-corrected chi connectivity index (χ1v) is 8.99. The van der Waals surface area contributed by atoms with Gasteiger partial charge in [0.05, 0.1) is 0 Å². The van der Waals surface area contributed by atoms with Crippen molar-refractivity contribution in [3.63, 3.8) is 0 Å². The fourth-order valence-corrected chi connectivity index (χ4v) is 3.92. The van der Waals surface area contributed by atoms with Crippen molar-refractivity contribution < 1.29 is 4.79 Å². The van der Waals surface area contributed by atoms with E-state index in [1.807, 2.05) is 31.2 Å². The van der Waals surface area contributed by atoms with Crippen molar-refractivity contribution in [3.05, 3.63) is 34.9 Å². The molecule has 0 saturated carbocycles. The van der Waals surface area contributed by atoms with Crippen molar-refractivity contribution in [2.24, 2.45) is 5.92 Å². The quantitative estimate of drug-likeness (QED) is 0.882. The summed E-state index contributed by atoms with van der Waals surface area (Å²) in [5.41, 5.74) is 1.14. The summed E-state index contributed by atoms with van der Waals surface area (Å²) in [7, 11) is 0. The Morgan fingerprint density at radius 3 is 2.79 bits per heavy atom. The van der Waals surface area contributed by atoms with Gasteiger partial charge in [-0.2, -0.15) is 0 Å². The molecule has 0 aliphatic carbocycles. The van der Waals surface area contributed by atoms with E-state index < -0.39 is 0 Å². The lowest BCUT2D eigenvalue weighted by atomic mass is 10.00. The van der Waals surface area contributed by atoms with Crippen molar-refractivity contribution in [2.45, 2.75) is 25.8 Å². The fraction of sp³-hybridized carbons (Fsp3) is 0.611. The molecule has 2 saturated heterocycles. The lowest BCUT2D eigenvalue weighted by Crippen LogP contribution is -2.49. The predicted molar refractivity (Wildman–Crippen MR) is 101 cm³/mol. The smallest absolute Gasteiger partial charge is 0.225 e. The van der Waals surface area contributed by atoms with E-state index in [0.717, 1.165) is 62.7 Å². The van der Waals surface area contributed by atoms with Gasteiger partial charge in [-0.3, -0.25) is 9.69 Å². The number of rotatable bonds is 4. The number of nitrogens with zero attached hydrogens (tertiary/aromatic N) is 2. The molecule has 0 aromatic heterocycles. The van der Waals surface area contributed by atoms with Crippen LogP contribution < -0.4 is 5.32 Å². The topological polar surface area (TPSA) is 35.6 Å². The molecule has 6 heteroatoms. The van der Waals surface area contributed by atoms with Crippen LogP contribution in [0.25, 0.3) is 0 Å². The number of carbonyl (C=O) groups is 1. The average molecular weight is 372 g/mol. The predicted octanol–water partition coefficient (Wildman–Crippen LogP) is 2.45. The van der Waals surface area contributed by atoms with Crippen LogP contribution in [0.2, 0.25) is 5.02 Å². The first kappa shape index (κ1) is 19.5. The van der Waals surface area contributed by atoms with Crippen LogP contribution in [0.1, 0.15) is 18.9 Å². The van der Waals surface area contributed by atoms with Gasteiger partial charge in [0.25, 0.3) is 0 Å². The summed E-state index contributed by atoms with van der Waals surface area (Å²) >= 11 is 6.03. The third kappa shape index (κ3) is 4.85. The summed E-state index contributed by atoms with van der Waals surface area (Å²) in [6, 6.07) is 8.36. The Kier molecular flexibility index (Phi) is 7.35. The standard InChI is InChI=1S/C18H26ClN3O.ClH/c1-14(11-15-3-2-4-16(19)12-15)18(23)22-8-5-17(13-22)21-9-6-20-7-10-21;/h2-4,12,14,17,20H,5-11,13H2,1H3;1H. The molecule has 2 atom stereocenters. The van der Waals surface area contributed by atoms with Crippen LogP contribution in [0.15, 0.2) is 24.3 Å². The van der Waals surface area contributed by atoms with Gasteiger partial charge < -0.3 is 10.2 Å². The van der Waals surface area contributed by atoms with Gasteiger partial charge in [-0.1, -0.05) is 30.7 Å². The minimum absolute atomic E-state index is 0. The molecule has 4 nitrogen and oxygen atoms in total. The molecule has 1 amide bonds. The Hall–Kier alpha value is -0.810. The van der Waals surface area contributed by atoms with Gasteiger partial charge in [-0.05, 0) is 30.5 Å². The van der Waals surface area contributed by atoms with Crippen LogP contribution in [-0.2, 0) is 11.2 Å². The zero-order valence-corrected chi connectivity index (χ0v) is 15.8. The third-order valence-electron chi connectivity index (χ3n) is 5.00. The molecule has 2 unspecified atom stereocenters. The van der Waals surface area contributed by atoms with Crippen LogP contribution in [0.4, 0.5) is 0 Å².